The van der Waals surface area contributed by atoms with Gasteiger partial charge in [0.1, 0.15) is 0 Å². The van der Waals surface area contributed by atoms with Crippen LogP contribution in [0.3, 0.4) is 0 Å². The molecule has 2 aliphatic heterocycles. The largest absolute Gasteiger partial charge is 0.362 e. The van der Waals surface area contributed by atoms with Crippen LogP contribution in [-0.4, -0.2) is 47.5 Å². The summed E-state index contributed by atoms with van der Waals surface area (Å²) in [5.41, 5.74) is 0. The van der Waals surface area contributed by atoms with Crippen molar-refractivity contribution in [3.8, 4) is 0 Å². The van der Waals surface area contributed by atoms with Gasteiger partial charge in [-0.1, -0.05) is 18.2 Å². The van der Waals surface area contributed by atoms with Crippen molar-refractivity contribution < 1.29 is 0 Å². The number of nitrogens with one attached hydrogen (secondary N) is 1. The van der Waals surface area contributed by atoms with Gasteiger partial charge in [0, 0.05) is 17.8 Å². The summed E-state index contributed by atoms with van der Waals surface area (Å²) in [5.74, 6) is 1.16. The van der Waals surface area contributed by atoms with Crippen LogP contribution in [0.15, 0.2) is 4.99 Å². The molecule has 16 heavy (non-hydrogen) atoms. The molecule has 0 aromatic rings. The number of rotatable bonds is 3. The Bertz CT molecular complexity index is 249. The molecule has 92 valence electrons. The first-order valence-electron chi connectivity index (χ1n) is 6.43. The van der Waals surface area contributed by atoms with E-state index in [4.69, 9.17) is 0 Å². The van der Waals surface area contributed by atoms with E-state index < -0.39 is 0 Å². The number of piperidine rings is 1. The van der Waals surface area contributed by atoms with E-state index in [-0.39, 0.29) is 0 Å². The van der Waals surface area contributed by atoms with Gasteiger partial charge in [-0.25, -0.2) is 0 Å². The number of amidine groups is 1. The first-order valence-corrected chi connectivity index (χ1v) is 7.42. The quantitative estimate of drug-likeness (QED) is 0.818. The van der Waals surface area contributed by atoms with Crippen molar-refractivity contribution in [2.75, 3.05) is 25.4 Å². The minimum atomic E-state index is 0.592. The van der Waals surface area contributed by atoms with Crippen LogP contribution in [0.4, 0.5) is 0 Å². The van der Waals surface area contributed by atoms with E-state index in [1.54, 1.807) is 0 Å². The van der Waals surface area contributed by atoms with Gasteiger partial charge in [-0.2, -0.15) is 0 Å². The second kappa shape index (κ2) is 5.92. The highest BCUT2D eigenvalue weighted by molar-refractivity contribution is 8.14. The van der Waals surface area contributed by atoms with Crippen LogP contribution in [0.2, 0.25) is 0 Å². The molecule has 0 bridgehead atoms. The lowest BCUT2D eigenvalue weighted by atomic mass is 10.1. The molecule has 3 nitrogen and oxygen atoms in total. The fourth-order valence-corrected chi connectivity index (χ4v) is 3.22. The number of hydrogen-bond donors (Lipinski definition) is 1. The van der Waals surface area contributed by atoms with Gasteiger partial charge in [-0.3, -0.25) is 9.89 Å². The molecular formula is C12H23N3S. The van der Waals surface area contributed by atoms with Gasteiger partial charge in [0.2, 0.25) is 0 Å². The highest BCUT2D eigenvalue weighted by atomic mass is 32.2. The Morgan fingerprint density at radius 2 is 2.19 bits per heavy atom. The van der Waals surface area contributed by atoms with Gasteiger partial charge in [0.25, 0.3) is 0 Å². The topological polar surface area (TPSA) is 27.6 Å². The highest BCUT2D eigenvalue weighted by Gasteiger charge is 2.18. The van der Waals surface area contributed by atoms with Crippen molar-refractivity contribution in [1.82, 2.24) is 10.2 Å². The molecule has 0 spiro atoms. The van der Waals surface area contributed by atoms with Gasteiger partial charge >= 0.3 is 0 Å². The van der Waals surface area contributed by atoms with Crippen LogP contribution in [-0.2, 0) is 0 Å². The summed E-state index contributed by atoms with van der Waals surface area (Å²) in [6.07, 6.45) is 4.14. The van der Waals surface area contributed by atoms with Crippen molar-refractivity contribution in [3.05, 3.63) is 0 Å². The first-order chi connectivity index (χ1) is 7.75. The molecule has 2 heterocycles. The summed E-state index contributed by atoms with van der Waals surface area (Å²) in [4.78, 5) is 7.26. The molecule has 2 saturated heterocycles. The predicted octanol–water partition coefficient (Wildman–Crippen LogP) is 1.94. The zero-order chi connectivity index (χ0) is 11.4. The van der Waals surface area contributed by atoms with E-state index in [0.717, 1.165) is 17.5 Å². The summed E-state index contributed by atoms with van der Waals surface area (Å²) in [7, 11) is 0. The number of nitrogens with zero attached hydrogens (tertiary/aromatic N) is 2. The van der Waals surface area contributed by atoms with Gasteiger partial charge in [-0.05, 0) is 39.8 Å². The molecule has 2 atom stereocenters. The minimum absolute atomic E-state index is 0.592. The van der Waals surface area contributed by atoms with Crippen molar-refractivity contribution in [2.24, 2.45) is 4.99 Å². The zero-order valence-electron chi connectivity index (χ0n) is 10.4. The van der Waals surface area contributed by atoms with E-state index in [9.17, 15) is 0 Å². The van der Waals surface area contributed by atoms with E-state index in [0.29, 0.717) is 12.1 Å². The summed E-state index contributed by atoms with van der Waals surface area (Å²) >= 11 is 1.86. The third-order valence-electron chi connectivity index (χ3n) is 3.35. The standard InChI is InChI=1S/C12H23N3S/c1-10-9-16-12(14-10)13-8-11(2)15-6-4-3-5-7-15/h10-11H,3-9H2,1-2H3,(H,13,14). The second-order valence-electron chi connectivity index (χ2n) is 4.95. The third kappa shape index (κ3) is 3.39. The second-order valence-corrected chi connectivity index (χ2v) is 5.96. The van der Waals surface area contributed by atoms with Gasteiger partial charge < -0.3 is 5.32 Å². The Morgan fingerprint density at radius 1 is 1.44 bits per heavy atom. The Balaban J connectivity index is 1.76. The SMILES string of the molecule is CC1CSC(=NCC(C)N2CCCCC2)N1. The van der Waals surface area contributed by atoms with Crippen LogP contribution >= 0.6 is 11.8 Å². The molecule has 0 aromatic carbocycles. The molecule has 0 saturated carbocycles. The lowest BCUT2D eigenvalue weighted by molar-refractivity contribution is 0.178. The molecule has 1 N–H and O–H groups in total. The van der Waals surface area contributed by atoms with Crippen LogP contribution in [0.25, 0.3) is 0 Å². The lowest BCUT2D eigenvalue weighted by Gasteiger charge is -2.31. The average Bonchev–Trinajstić information content (AvgIpc) is 2.73. The summed E-state index contributed by atoms with van der Waals surface area (Å²) in [6, 6.07) is 1.19. The van der Waals surface area contributed by atoms with Crippen molar-refractivity contribution in [3.63, 3.8) is 0 Å². The zero-order valence-corrected chi connectivity index (χ0v) is 11.2. The van der Waals surface area contributed by atoms with E-state index >= 15 is 0 Å². The van der Waals surface area contributed by atoms with Crippen LogP contribution in [0, 0.1) is 0 Å². The lowest BCUT2D eigenvalue weighted by Crippen LogP contribution is -2.39. The van der Waals surface area contributed by atoms with Crippen LogP contribution in [0.5, 0.6) is 0 Å². The number of hydrogen-bond acceptors (Lipinski definition) is 3. The van der Waals surface area contributed by atoms with Crippen molar-refractivity contribution in [1.29, 1.82) is 0 Å². The van der Waals surface area contributed by atoms with Gasteiger partial charge in [0.05, 0.1) is 6.54 Å². The average molecular weight is 241 g/mol. The molecule has 2 fully saturated rings. The fourth-order valence-electron chi connectivity index (χ4n) is 2.28. The van der Waals surface area contributed by atoms with Gasteiger partial charge in [-0.15, -0.1) is 0 Å². The molecule has 0 aromatic heterocycles. The normalized spacial score (nSPS) is 31.6. The van der Waals surface area contributed by atoms with E-state index in [1.165, 1.54) is 32.4 Å². The maximum absolute atomic E-state index is 4.68. The number of thioether (sulfide) groups is 1. The molecule has 0 aliphatic carbocycles. The molecule has 2 unspecified atom stereocenters. The Morgan fingerprint density at radius 3 is 2.81 bits per heavy atom. The highest BCUT2D eigenvalue weighted by Crippen LogP contribution is 2.15. The summed E-state index contributed by atoms with van der Waals surface area (Å²) < 4.78 is 0. The number of likely N-dealkylation sites (tertiary alicyclic amines) is 1. The smallest absolute Gasteiger partial charge is 0.156 e. The third-order valence-corrected chi connectivity index (χ3v) is 4.54. The summed E-state index contributed by atoms with van der Waals surface area (Å²) in [6.45, 7) is 8.00. The molecule has 2 rings (SSSR count). The Kier molecular flexibility index (Phi) is 4.53. The molecule has 0 amide bonds. The first kappa shape index (κ1) is 12.2. The van der Waals surface area contributed by atoms with Gasteiger partial charge in [0.15, 0.2) is 5.17 Å². The number of aliphatic imine (C=N–C) groups is 1. The molecule has 0 radical (unpaired) electrons. The minimum Gasteiger partial charge on any atom is -0.362 e. The molecule has 2 aliphatic rings. The van der Waals surface area contributed by atoms with E-state index in [2.05, 4.69) is 29.1 Å². The maximum Gasteiger partial charge on any atom is 0.156 e. The monoisotopic (exact) mass is 241 g/mol. The maximum atomic E-state index is 4.68. The predicted molar refractivity (Wildman–Crippen MR) is 72.2 cm³/mol. The summed E-state index contributed by atoms with van der Waals surface area (Å²) in [5, 5.41) is 4.56. The fraction of sp³-hybridized carbons (Fsp3) is 0.917. The van der Waals surface area contributed by atoms with Crippen LogP contribution in [0.1, 0.15) is 33.1 Å². The Hall–Kier alpha value is -0.220. The van der Waals surface area contributed by atoms with E-state index in [1.807, 2.05) is 11.8 Å². The Labute approximate surface area is 103 Å². The molecular weight excluding hydrogens is 218 g/mol. The molecule has 4 heteroatoms. The van der Waals surface area contributed by atoms with Crippen molar-refractivity contribution >= 4 is 16.9 Å². The van der Waals surface area contributed by atoms with Crippen LogP contribution < -0.4 is 5.32 Å². The van der Waals surface area contributed by atoms with Crippen molar-refractivity contribution in [2.45, 2.75) is 45.2 Å².